The summed E-state index contributed by atoms with van der Waals surface area (Å²) in [7, 11) is 0. The Bertz CT molecular complexity index is 249. The molecule has 0 aliphatic carbocycles. The van der Waals surface area contributed by atoms with Gasteiger partial charge in [-0.1, -0.05) is 6.92 Å². The SMILES string of the molecule is CCCN/C(C)=C(/C)C(=O)OC(C)(C)C. The smallest absolute Gasteiger partial charge is 0.335 e. The van der Waals surface area contributed by atoms with Crippen LogP contribution in [0.25, 0.3) is 0 Å². The molecule has 88 valence electrons. The van der Waals surface area contributed by atoms with Crippen molar-refractivity contribution in [2.75, 3.05) is 6.54 Å². The summed E-state index contributed by atoms with van der Waals surface area (Å²) in [4.78, 5) is 11.6. The zero-order valence-electron chi connectivity index (χ0n) is 10.7. The van der Waals surface area contributed by atoms with E-state index in [1.807, 2.05) is 27.7 Å². The number of nitrogens with one attached hydrogen (secondary N) is 1. The second-order valence-electron chi connectivity index (χ2n) is 4.68. The molecule has 0 heterocycles. The van der Waals surface area contributed by atoms with E-state index >= 15 is 0 Å². The summed E-state index contributed by atoms with van der Waals surface area (Å²) in [5.74, 6) is -0.247. The average molecular weight is 213 g/mol. The van der Waals surface area contributed by atoms with Crippen LogP contribution >= 0.6 is 0 Å². The van der Waals surface area contributed by atoms with E-state index in [1.165, 1.54) is 0 Å². The number of carbonyl (C=O) groups is 1. The molecule has 0 spiro atoms. The minimum Gasteiger partial charge on any atom is -0.457 e. The molecular weight excluding hydrogens is 190 g/mol. The molecular formula is C12H23NO2. The summed E-state index contributed by atoms with van der Waals surface area (Å²) < 4.78 is 5.26. The summed E-state index contributed by atoms with van der Waals surface area (Å²) in [6.45, 7) is 12.3. The quantitative estimate of drug-likeness (QED) is 0.576. The summed E-state index contributed by atoms with van der Waals surface area (Å²) in [6.07, 6.45) is 1.04. The molecule has 0 bridgehead atoms. The van der Waals surface area contributed by atoms with Crippen LogP contribution < -0.4 is 5.32 Å². The van der Waals surface area contributed by atoms with Gasteiger partial charge in [-0.15, -0.1) is 0 Å². The normalized spacial score (nSPS) is 13.2. The molecule has 0 rings (SSSR count). The first-order chi connectivity index (χ1) is 6.78. The Labute approximate surface area is 92.9 Å². The fourth-order valence-electron chi connectivity index (χ4n) is 0.953. The number of hydrogen-bond acceptors (Lipinski definition) is 3. The number of ether oxygens (including phenoxy) is 1. The van der Waals surface area contributed by atoms with Crippen molar-refractivity contribution in [3.63, 3.8) is 0 Å². The summed E-state index contributed by atoms with van der Waals surface area (Å²) in [5.41, 5.74) is 1.12. The second-order valence-corrected chi connectivity index (χ2v) is 4.68. The van der Waals surface area contributed by atoms with E-state index in [1.54, 1.807) is 6.92 Å². The molecule has 0 amide bonds. The Morgan fingerprint density at radius 1 is 1.27 bits per heavy atom. The van der Waals surface area contributed by atoms with Crippen molar-refractivity contribution in [3.05, 3.63) is 11.3 Å². The molecule has 0 radical (unpaired) electrons. The minimum atomic E-state index is -0.427. The van der Waals surface area contributed by atoms with Crippen molar-refractivity contribution in [3.8, 4) is 0 Å². The molecule has 0 atom stereocenters. The highest BCUT2D eigenvalue weighted by atomic mass is 16.6. The first kappa shape index (κ1) is 14.0. The molecule has 0 fully saturated rings. The predicted molar refractivity (Wildman–Crippen MR) is 62.5 cm³/mol. The van der Waals surface area contributed by atoms with E-state index < -0.39 is 5.60 Å². The number of hydrogen-bond donors (Lipinski definition) is 1. The van der Waals surface area contributed by atoms with Gasteiger partial charge in [-0.2, -0.15) is 0 Å². The zero-order chi connectivity index (χ0) is 12.1. The van der Waals surface area contributed by atoms with Crippen LogP contribution in [0, 0.1) is 0 Å². The second kappa shape index (κ2) is 5.79. The molecule has 15 heavy (non-hydrogen) atoms. The van der Waals surface area contributed by atoms with E-state index in [0.717, 1.165) is 18.7 Å². The highest BCUT2D eigenvalue weighted by Crippen LogP contribution is 2.12. The van der Waals surface area contributed by atoms with Crippen LogP contribution in [0.3, 0.4) is 0 Å². The number of carbonyl (C=O) groups excluding carboxylic acids is 1. The Morgan fingerprint density at radius 2 is 1.80 bits per heavy atom. The van der Waals surface area contributed by atoms with Crippen molar-refractivity contribution in [1.29, 1.82) is 0 Å². The highest BCUT2D eigenvalue weighted by Gasteiger charge is 2.18. The van der Waals surface area contributed by atoms with Gasteiger partial charge in [0.05, 0.1) is 5.57 Å². The van der Waals surface area contributed by atoms with Crippen molar-refractivity contribution >= 4 is 5.97 Å². The van der Waals surface area contributed by atoms with E-state index in [4.69, 9.17) is 4.74 Å². The van der Waals surface area contributed by atoms with Crippen LogP contribution in [-0.4, -0.2) is 18.1 Å². The topological polar surface area (TPSA) is 38.3 Å². The van der Waals surface area contributed by atoms with Crippen LogP contribution in [-0.2, 0) is 9.53 Å². The Morgan fingerprint density at radius 3 is 2.20 bits per heavy atom. The van der Waals surface area contributed by atoms with Crippen LogP contribution in [0.2, 0.25) is 0 Å². The van der Waals surface area contributed by atoms with Gasteiger partial charge in [-0.05, 0) is 41.0 Å². The molecule has 0 unspecified atom stereocenters. The Balaban J connectivity index is 4.41. The lowest BCUT2D eigenvalue weighted by Gasteiger charge is -2.20. The third-order valence-corrected chi connectivity index (χ3v) is 1.91. The van der Waals surface area contributed by atoms with Gasteiger partial charge in [0.2, 0.25) is 0 Å². The van der Waals surface area contributed by atoms with Crippen molar-refractivity contribution in [2.45, 2.75) is 53.6 Å². The molecule has 0 aromatic heterocycles. The van der Waals surface area contributed by atoms with Gasteiger partial charge in [0, 0.05) is 12.2 Å². The minimum absolute atomic E-state index is 0.247. The van der Waals surface area contributed by atoms with Gasteiger partial charge in [0.15, 0.2) is 0 Å². The molecule has 0 aromatic carbocycles. The fourth-order valence-corrected chi connectivity index (χ4v) is 0.953. The van der Waals surface area contributed by atoms with E-state index in [-0.39, 0.29) is 5.97 Å². The van der Waals surface area contributed by atoms with Gasteiger partial charge in [0.25, 0.3) is 0 Å². The lowest BCUT2D eigenvalue weighted by Crippen LogP contribution is -2.26. The summed E-state index contributed by atoms with van der Waals surface area (Å²) in [5, 5.41) is 3.18. The first-order valence-corrected chi connectivity index (χ1v) is 5.42. The molecule has 0 aliphatic rings. The maximum absolute atomic E-state index is 11.6. The molecule has 0 aliphatic heterocycles. The predicted octanol–water partition coefficient (Wildman–Crippen LogP) is 2.62. The van der Waals surface area contributed by atoms with Crippen LogP contribution in [0.4, 0.5) is 0 Å². The number of esters is 1. The highest BCUT2D eigenvalue weighted by molar-refractivity contribution is 5.88. The summed E-state index contributed by atoms with van der Waals surface area (Å²) >= 11 is 0. The van der Waals surface area contributed by atoms with Gasteiger partial charge in [-0.25, -0.2) is 4.79 Å². The molecule has 0 saturated carbocycles. The fraction of sp³-hybridized carbons (Fsp3) is 0.750. The Kier molecular flexibility index (Phi) is 5.40. The third-order valence-electron chi connectivity index (χ3n) is 1.91. The van der Waals surface area contributed by atoms with Crippen LogP contribution in [0.5, 0.6) is 0 Å². The average Bonchev–Trinajstić information content (AvgIpc) is 2.10. The third kappa shape index (κ3) is 6.15. The van der Waals surface area contributed by atoms with E-state index in [0.29, 0.717) is 5.57 Å². The number of rotatable bonds is 4. The molecule has 3 nitrogen and oxygen atoms in total. The molecule has 0 aromatic rings. The maximum atomic E-state index is 11.6. The monoisotopic (exact) mass is 213 g/mol. The lowest BCUT2D eigenvalue weighted by molar-refractivity contribution is -0.149. The molecule has 1 N–H and O–H groups in total. The molecule has 0 saturated heterocycles. The zero-order valence-corrected chi connectivity index (χ0v) is 10.7. The first-order valence-electron chi connectivity index (χ1n) is 5.42. The Hall–Kier alpha value is -0.990. The number of allylic oxidation sites excluding steroid dienone is 1. The van der Waals surface area contributed by atoms with Crippen LogP contribution in [0.15, 0.2) is 11.3 Å². The van der Waals surface area contributed by atoms with Gasteiger partial charge < -0.3 is 10.1 Å². The largest absolute Gasteiger partial charge is 0.457 e. The molecule has 3 heteroatoms. The standard InChI is InChI=1S/C12H23NO2/c1-7-8-13-10(3)9(2)11(14)15-12(4,5)6/h13H,7-8H2,1-6H3/b10-9-. The lowest BCUT2D eigenvalue weighted by atomic mass is 10.2. The van der Waals surface area contributed by atoms with Gasteiger partial charge in [-0.3, -0.25) is 0 Å². The van der Waals surface area contributed by atoms with Crippen molar-refractivity contribution < 1.29 is 9.53 Å². The van der Waals surface area contributed by atoms with Gasteiger partial charge in [0.1, 0.15) is 5.60 Å². The summed E-state index contributed by atoms with van der Waals surface area (Å²) in [6, 6.07) is 0. The maximum Gasteiger partial charge on any atom is 0.335 e. The van der Waals surface area contributed by atoms with Crippen molar-refractivity contribution in [2.24, 2.45) is 0 Å². The van der Waals surface area contributed by atoms with Crippen molar-refractivity contribution in [1.82, 2.24) is 5.32 Å². The van der Waals surface area contributed by atoms with Gasteiger partial charge >= 0.3 is 5.97 Å². The van der Waals surface area contributed by atoms with E-state index in [2.05, 4.69) is 12.2 Å². The van der Waals surface area contributed by atoms with Crippen LogP contribution in [0.1, 0.15) is 48.0 Å². The van der Waals surface area contributed by atoms with E-state index in [9.17, 15) is 4.79 Å².